The lowest BCUT2D eigenvalue weighted by Gasteiger charge is -1.95. The number of hydrogen-bond donors (Lipinski definition) is 1. The van der Waals surface area contributed by atoms with Crippen LogP contribution in [-0.4, -0.2) is 25.7 Å². The molecule has 0 amide bonds. The van der Waals surface area contributed by atoms with E-state index < -0.39 is 5.97 Å². The van der Waals surface area contributed by atoms with Crippen molar-refractivity contribution in [3.05, 3.63) is 65.4 Å². The molecule has 0 unspecified atom stereocenters. The van der Waals surface area contributed by atoms with Crippen LogP contribution in [-0.2, 0) is 6.42 Å². The number of aromatic carboxylic acids is 1. The van der Waals surface area contributed by atoms with Gasteiger partial charge >= 0.3 is 5.97 Å². The van der Waals surface area contributed by atoms with Gasteiger partial charge in [-0.15, -0.1) is 0 Å². The molecule has 20 heavy (non-hydrogen) atoms. The fourth-order valence-corrected chi connectivity index (χ4v) is 1.98. The molecular weight excluding hydrogens is 261 g/mol. The van der Waals surface area contributed by atoms with Gasteiger partial charge in [0.05, 0.1) is 0 Å². The van der Waals surface area contributed by atoms with Crippen LogP contribution in [0.15, 0.2) is 42.6 Å². The first kappa shape index (κ1) is 12.3. The molecule has 0 saturated heterocycles. The Hall–Kier alpha value is -2.76. The Labute approximate surface area is 113 Å². The first-order valence-electron chi connectivity index (χ1n) is 5.95. The van der Waals surface area contributed by atoms with Crippen LogP contribution in [0.1, 0.15) is 21.7 Å². The normalized spacial score (nSPS) is 10.8. The monoisotopic (exact) mass is 271 g/mol. The standard InChI is InChI=1S/C14H10FN3O2/c15-10-5-3-9(4-6-10)8-12-16-13-11(14(19)20)2-1-7-18(13)17-12/h1-7H,8H2,(H,19,20). The number of benzene rings is 1. The van der Waals surface area contributed by atoms with Gasteiger partial charge in [-0.3, -0.25) is 0 Å². The van der Waals surface area contributed by atoms with Crippen molar-refractivity contribution in [3.8, 4) is 0 Å². The van der Waals surface area contributed by atoms with E-state index in [0.717, 1.165) is 5.56 Å². The summed E-state index contributed by atoms with van der Waals surface area (Å²) in [4.78, 5) is 15.3. The quantitative estimate of drug-likeness (QED) is 0.792. The number of fused-ring (bicyclic) bond motifs is 1. The molecule has 0 saturated carbocycles. The van der Waals surface area contributed by atoms with Crippen LogP contribution in [0, 0.1) is 5.82 Å². The highest BCUT2D eigenvalue weighted by Gasteiger charge is 2.13. The Morgan fingerprint density at radius 1 is 1.25 bits per heavy atom. The summed E-state index contributed by atoms with van der Waals surface area (Å²) in [7, 11) is 0. The molecule has 100 valence electrons. The molecule has 6 heteroatoms. The topological polar surface area (TPSA) is 67.5 Å². The summed E-state index contributed by atoms with van der Waals surface area (Å²) in [6.45, 7) is 0. The second-order valence-corrected chi connectivity index (χ2v) is 4.33. The van der Waals surface area contributed by atoms with Gasteiger partial charge in [-0.1, -0.05) is 12.1 Å². The molecule has 0 aliphatic carbocycles. The lowest BCUT2D eigenvalue weighted by molar-refractivity contribution is 0.0698. The molecule has 1 N–H and O–H groups in total. The molecule has 3 aromatic rings. The molecule has 3 rings (SSSR count). The van der Waals surface area contributed by atoms with E-state index in [1.54, 1.807) is 24.4 Å². The Balaban J connectivity index is 1.99. The number of pyridine rings is 1. The number of rotatable bonds is 3. The van der Waals surface area contributed by atoms with Gasteiger partial charge in [-0.2, -0.15) is 5.10 Å². The molecule has 2 aromatic heterocycles. The number of carboxylic acids is 1. The minimum atomic E-state index is -1.05. The summed E-state index contributed by atoms with van der Waals surface area (Å²) < 4.78 is 14.3. The van der Waals surface area contributed by atoms with E-state index in [9.17, 15) is 9.18 Å². The Morgan fingerprint density at radius 2 is 2.00 bits per heavy atom. The van der Waals surface area contributed by atoms with E-state index in [2.05, 4.69) is 10.1 Å². The first-order chi connectivity index (χ1) is 9.63. The fourth-order valence-electron chi connectivity index (χ4n) is 1.98. The summed E-state index contributed by atoms with van der Waals surface area (Å²) in [5.74, 6) is -0.855. The summed E-state index contributed by atoms with van der Waals surface area (Å²) in [5.41, 5.74) is 1.27. The lowest BCUT2D eigenvalue weighted by atomic mass is 10.1. The molecule has 0 aliphatic heterocycles. The van der Waals surface area contributed by atoms with Gasteiger partial charge in [-0.05, 0) is 29.8 Å². The van der Waals surface area contributed by atoms with Gasteiger partial charge in [0.2, 0.25) is 0 Å². The maximum Gasteiger partial charge on any atom is 0.339 e. The smallest absolute Gasteiger partial charge is 0.339 e. The third-order valence-electron chi connectivity index (χ3n) is 2.91. The largest absolute Gasteiger partial charge is 0.478 e. The number of aromatic nitrogens is 3. The molecule has 2 heterocycles. The van der Waals surface area contributed by atoms with Crippen molar-refractivity contribution in [1.29, 1.82) is 0 Å². The Bertz CT molecular complexity index is 781. The molecule has 0 bridgehead atoms. The first-order valence-corrected chi connectivity index (χ1v) is 5.95. The lowest BCUT2D eigenvalue weighted by Crippen LogP contribution is -2.00. The highest BCUT2D eigenvalue weighted by atomic mass is 19.1. The van der Waals surface area contributed by atoms with Gasteiger partial charge in [0.15, 0.2) is 11.5 Å². The molecule has 0 spiro atoms. The average Bonchev–Trinajstić information content (AvgIpc) is 2.83. The van der Waals surface area contributed by atoms with Gasteiger partial charge < -0.3 is 5.11 Å². The maximum absolute atomic E-state index is 12.8. The van der Waals surface area contributed by atoms with Crippen molar-refractivity contribution < 1.29 is 14.3 Å². The predicted octanol–water partition coefficient (Wildman–Crippen LogP) is 2.16. The van der Waals surface area contributed by atoms with Crippen LogP contribution in [0.3, 0.4) is 0 Å². The summed E-state index contributed by atoms with van der Waals surface area (Å²) in [6.07, 6.45) is 2.06. The maximum atomic E-state index is 12.8. The highest BCUT2D eigenvalue weighted by molar-refractivity contribution is 5.94. The van der Waals surface area contributed by atoms with Crippen LogP contribution in [0.4, 0.5) is 4.39 Å². The number of carboxylic acid groups (broad SMARTS) is 1. The van der Waals surface area contributed by atoms with E-state index in [1.165, 1.54) is 22.7 Å². The zero-order valence-electron chi connectivity index (χ0n) is 10.3. The van der Waals surface area contributed by atoms with Crippen LogP contribution in [0.25, 0.3) is 5.65 Å². The fraction of sp³-hybridized carbons (Fsp3) is 0.0714. The minimum Gasteiger partial charge on any atom is -0.478 e. The van der Waals surface area contributed by atoms with Gasteiger partial charge in [-0.25, -0.2) is 18.7 Å². The summed E-state index contributed by atoms with van der Waals surface area (Å²) in [5, 5.41) is 13.3. The number of hydrogen-bond acceptors (Lipinski definition) is 3. The zero-order chi connectivity index (χ0) is 14.1. The highest BCUT2D eigenvalue weighted by Crippen LogP contribution is 2.12. The zero-order valence-corrected chi connectivity index (χ0v) is 10.3. The van der Waals surface area contributed by atoms with Crippen molar-refractivity contribution in [2.45, 2.75) is 6.42 Å². The van der Waals surface area contributed by atoms with E-state index in [1.807, 2.05) is 0 Å². The van der Waals surface area contributed by atoms with E-state index in [4.69, 9.17) is 5.11 Å². The van der Waals surface area contributed by atoms with Crippen molar-refractivity contribution in [2.75, 3.05) is 0 Å². The number of halogens is 1. The second-order valence-electron chi connectivity index (χ2n) is 4.33. The van der Waals surface area contributed by atoms with Crippen molar-refractivity contribution in [3.63, 3.8) is 0 Å². The molecule has 0 fully saturated rings. The Kier molecular flexibility index (Phi) is 2.90. The summed E-state index contributed by atoms with van der Waals surface area (Å²) in [6, 6.07) is 9.13. The van der Waals surface area contributed by atoms with Crippen LogP contribution in [0.2, 0.25) is 0 Å². The third kappa shape index (κ3) is 2.23. The Morgan fingerprint density at radius 3 is 2.70 bits per heavy atom. The molecule has 5 nitrogen and oxygen atoms in total. The van der Waals surface area contributed by atoms with Crippen molar-refractivity contribution in [2.24, 2.45) is 0 Å². The molecule has 0 atom stereocenters. The average molecular weight is 271 g/mol. The summed E-state index contributed by atoms with van der Waals surface area (Å²) >= 11 is 0. The molecule has 1 aromatic carbocycles. The molecular formula is C14H10FN3O2. The van der Waals surface area contributed by atoms with Gasteiger partial charge in [0.25, 0.3) is 0 Å². The van der Waals surface area contributed by atoms with E-state index >= 15 is 0 Å². The van der Waals surface area contributed by atoms with Crippen molar-refractivity contribution in [1.82, 2.24) is 14.6 Å². The minimum absolute atomic E-state index is 0.102. The number of carbonyl (C=O) groups is 1. The third-order valence-corrected chi connectivity index (χ3v) is 2.91. The molecule has 0 radical (unpaired) electrons. The van der Waals surface area contributed by atoms with E-state index in [-0.39, 0.29) is 11.4 Å². The number of nitrogens with zero attached hydrogens (tertiary/aromatic N) is 3. The van der Waals surface area contributed by atoms with Crippen LogP contribution < -0.4 is 0 Å². The predicted molar refractivity (Wildman–Crippen MR) is 69.2 cm³/mol. The van der Waals surface area contributed by atoms with Crippen LogP contribution in [0.5, 0.6) is 0 Å². The van der Waals surface area contributed by atoms with Gasteiger partial charge in [0.1, 0.15) is 11.4 Å². The van der Waals surface area contributed by atoms with E-state index in [0.29, 0.717) is 17.9 Å². The molecule has 0 aliphatic rings. The SMILES string of the molecule is O=C(O)c1cccn2nc(Cc3ccc(F)cc3)nc12. The van der Waals surface area contributed by atoms with Crippen molar-refractivity contribution >= 4 is 11.6 Å². The second kappa shape index (κ2) is 4.73. The van der Waals surface area contributed by atoms with Crippen LogP contribution >= 0.6 is 0 Å². The van der Waals surface area contributed by atoms with Gasteiger partial charge in [0, 0.05) is 12.6 Å².